The summed E-state index contributed by atoms with van der Waals surface area (Å²) in [5.41, 5.74) is 3.96. The Kier molecular flexibility index (Phi) is 5.47. The van der Waals surface area contributed by atoms with Crippen molar-refractivity contribution < 1.29 is 14.4 Å². The lowest BCUT2D eigenvalue weighted by Gasteiger charge is -2.35. The first-order valence-electron chi connectivity index (χ1n) is 10.5. The second-order valence-electron chi connectivity index (χ2n) is 8.10. The van der Waals surface area contributed by atoms with Gasteiger partial charge in [-0.1, -0.05) is 19.3 Å². The molecule has 31 heavy (non-hydrogen) atoms. The minimum absolute atomic E-state index is 0.0229. The van der Waals surface area contributed by atoms with Crippen molar-refractivity contribution in [1.82, 2.24) is 14.8 Å². The molecule has 0 unspecified atom stereocenters. The zero-order chi connectivity index (χ0) is 22.1. The van der Waals surface area contributed by atoms with Gasteiger partial charge in [0, 0.05) is 23.1 Å². The summed E-state index contributed by atoms with van der Waals surface area (Å²) < 4.78 is 2.00. The smallest absolute Gasteiger partial charge is 0.318 e. The van der Waals surface area contributed by atoms with Crippen molar-refractivity contribution in [2.75, 3.05) is 0 Å². The van der Waals surface area contributed by atoms with Gasteiger partial charge in [-0.25, -0.2) is 4.79 Å². The van der Waals surface area contributed by atoms with Gasteiger partial charge in [0.15, 0.2) is 0 Å². The van der Waals surface area contributed by atoms with E-state index in [-0.39, 0.29) is 11.6 Å². The van der Waals surface area contributed by atoms with Crippen molar-refractivity contribution >= 4 is 23.9 Å². The molecule has 4 rings (SSSR count). The molecule has 1 aliphatic carbocycles. The highest BCUT2D eigenvalue weighted by atomic mass is 16.2. The van der Waals surface area contributed by atoms with E-state index in [0.29, 0.717) is 5.56 Å². The summed E-state index contributed by atoms with van der Waals surface area (Å²) in [5.74, 6) is -1.19. The molecule has 0 spiro atoms. The number of carbonyl (C=O) groups is 3. The second-order valence-corrected chi connectivity index (χ2v) is 8.10. The summed E-state index contributed by atoms with van der Waals surface area (Å²) in [4.78, 5) is 39.3. The van der Waals surface area contributed by atoms with Gasteiger partial charge in [-0.2, -0.15) is 5.26 Å². The normalized spacial score (nSPS) is 18.9. The van der Waals surface area contributed by atoms with E-state index in [1.54, 1.807) is 18.2 Å². The van der Waals surface area contributed by atoms with Crippen molar-refractivity contribution in [2.45, 2.75) is 52.0 Å². The minimum Gasteiger partial charge on any atom is -0.318 e. The number of nitriles is 1. The Hall–Kier alpha value is -3.66. The summed E-state index contributed by atoms with van der Waals surface area (Å²) in [6, 6.07) is 10.4. The van der Waals surface area contributed by atoms with E-state index >= 15 is 0 Å². The molecular weight excluding hydrogens is 392 g/mol. The van der Waals surface area contributed by atoms with E-state index in [1.165, 1.54) is 4.90 Å². The van der Waals surface area contributed by atoms with Crippen LogP contribution < -0.4 is 5.32 Å². The molecule has 4 amide bonds. The fourth-order valence-electron chi connectivity index (χ4n) is 4.51. The van der Waals surface area contributed by atoms with E-state index < -0.39 is 17.8 Å². The molecule has 1 aliphatic heterocycles. The number of benzene rings is 1. The molecule has 1 saturated heterocycles. The molecule has 0 atom stereocenters. The monoisotopic (exact) mass is 416 g/mol. The third-order valence-electron chi connectivity index (χ3n) is 6.10. The number of aromatic nitrogens is 1. The molecule has 1 N–H and O–H groups in total. The van der Waals surface area contributed by atoms with Gasteiger partial charge in [0.2, 0.25) is 0 Å². The van der Waals surface area contributed by atoms with Crippen LogP contribution in [0.25, 0.3) is 11.8 Å². The van der Waals surface area contributed by atoms with E-state index in [0.717, 1.165) is 54.7 Å². The first kappa shape index (κ1) is 20.6. The van der Waals surface area contributed by atoms with Crippen molar-refractivity contribution in [3.63, 3.8) is 0 Å². The summed E-state index contributed by atoms with van der Waals surface area (Å²) in [5, 5.41) is 11.4. The lowest BCUT2D eigenvalue weighted by Crippen LogP contribution is -2.58. The molecule has 7 nitrogen and oxygen atoms in total. The number of imide groups is 2. The third-order valence-corrected chi connectivity index (χ3v) is 6.10. The van der Waals surface area contributed by atoms with Gasteiger partial charge in [-0.3, -0.25) is 19.8 Å². The minimum atomic E-state index is -0.662. The van der Waals surface area contributed by atoms with Crippen molar-refractivity contribution in [1.29, 1.82) is 5.26 Å². The topological polar surface area (TPSA) is 95.2 Å². The van der Waals surface area contributed by atoms with Gasteiger partial charge < -0.3 is 4.57 Å². The number of nitrogens with zero attached hydrogens (tertiary/aromatic N) is 3. The third kappa shape index (κ3) is 3.77. The zero-order valence-corrected chi connectivity index (χ0v) is 17.6. The van der Waals surface area contributed by atoms with Crippen molar-refractivity contribution in [3.05, 3.63) is 58.4 Å². The molecule has 158 valence electrons. The molecule has 2 heterocycles. The first-order chi connectivity index (χ1) is 14.9. The highest BCUT2D eigenvalue weighted by Gasteiger charge is 2.40. The van der Waals surface area contributed by atoms with E-state index in [4.69, 9.17) is 5.26 Å². The number of barbiturate groups is 1. The average Bonchev–Trinajstić information content (AvgIpc) is 3.04. The first-order valence-corrected chi connectivity index (χ1v) is 10.5. The molecule has 2 fully saturated rings. The molecule has 7 heteroatoms. The maximum Gasteiger partial charge on any atom is 0.331 e. The summed E-state index contributed by atoms with van der Waals surface area (Å²) >= 11 is 0. The molecule has 2 aliphatic rings. The van der Waals surface area contributed by atoms with Gasteiger partial charge in [0.25, 0.3) is 11.8 Å². The maximum atomic E-state index is 13.1. The van der Waals surface area contributed by atoms with Crippen LogP contribution >= 0.6 is 0 Å². The zero-order valence-electron chi connectivity index (χ0n) is 17.6. The molecule has 2 aromatic rings. The number of carbonyl (C=O) groups excluding carboxylic acids is 3. The van der Waals surface area contributed by atoms with Crippen LogP contribution in [0.2, 0.25) is 0 Å². The Morgan fingerprint density at radius 2 is 1.74 bits per heavy atom. The number of urea groups is 1. The SMILES string of the molecule is Cc1cc(C=C2C(=O)NC(=O)N(C3CCCCC3)C2=O)c(C)n1-c1ccc(C#N)cc1. The Labute approximate surface area is 181 Å². The van der Waals surface area contributed by atoms with Crippen LogP contribution in [0.15, 0.2) is 35.9 Å². The van der Waals surface area contributed by atoms with Crippen LogP contribution in [0.3, 0.4) is 0 Å². The van der Waals surface area contributed by atoms with Gasteiger partial charge in [0.05, 0.1) is 11.6 Å². The highest BCUT2D eigenvalue weighted by Crippen LogP contribution is 2.28. The van der Waals surface area contributed by atoms with Crippen LogP contribution in [-0.2, 0) is 9.59 Å². The molecule has 1 saturated carbocycles. The largest absolute Gasteiger partial charge is 0.331 e. The standard InChI is InChI=1S/C24H24N4O3/c1-15-12-18(16(2)27(15)20-10-8-17(14-25)9-11-20)13-21-22(29)26-24(31)28(23(21)30)19-6-4-3-5-7-19/h8-13,19H,3-7H2,1-2H3,(H,26,29,31). The number of nitrogens with one attached hydrogen (secondary N) is 1. The van der Waals surface area contributed by atoms with E-state index in [1.807, 2.05) is 36.6 Å². The Balaban J connectivity index is 1.70. The maximum absolute atomic E-state index is 13.1. The number of hydrogen-bond donors (Lipinski definition) is 1. The van der Waals surface area contributed by atoms with Gasteiger partial charge in [-0.05, 0) is 68.7 Å². The fourth-order valence-corrected chi connectivity index (χ4v) is 4.51. The summed E-state index contributed by atoms with van der Waals surface area (Å²) in [7, 11) is 0. The van der Waals surface area contributed by atoms with Crippen LogP contribution in [0.4, 0.5) is 4.79 Å². The predicted molar refractivity (Wildman–Crippen MR) is 115 cm³/mol. The van der Waals surface area contributed by atoms with E-state index in [9.17, 15) is 14.4 Å². The van der Waals surface area contributed by atoms with Gasteiger partial charge in [-0.15, -0.1) is 0 Å². The highest BCUT2D eigenvalue weighted by molar-refractivity contribution is 6.31. The van der Waals surface area contributed by atoms with Gasteiger partial charge in [0.1, 0.15) is 5.57 Å². The number of aryl methyl sites for hydroxylation is 1. The van der Waals surface area contributed by atoms with E-state index in [2.05, 4.69) is 11.4 Å². The average molecular weight is 416 g/mol. The molecule has 0 bridgehead atoms. The van der Waals surface area contributed by atoms with Crippen LogP contribution in [0.5, 0.6) is 0 Å². The van der Waals surface area contributed by atoms with Crippen LogP contribution in [-0.4, -0.2) is 33.4 Å². The Morgan fingerprint density at radius 3 is 2.39 bits per heavy atom. The predicted octanol–water partition coefficient (Wildman–Crippen LogP) is 3.76. The second kappa shape index (κ2) is 8.23. The number of hydrogen-bond acceptors (Lipinski definition) is 4. The Bertz CT molecular complexity index is 1130. The summed E-state index contributed by atoms with van der Waals surface area (Å²) in [6.07, 6.45) is 6.16. The lowest BCUT2D eigenvalue weighted by molar-refractivity contribution is -0.132. The number of rotatable bonds is 3. The molecular formula is C24H24N4O3. The molecule has 1 aromatic heterocycles. The molecule has 1 aromatic carbocycles. The van der Waals surface area contributed by atoms with Gasteiger partial charge >= 0.3 is 6.03 Å². The quantitative estimate of drug-likeness (QED) is 0.609. The number of amides is 4. The van der Waals surface area contributed by atoms with Crippen molar-refractivity contribution in [3.8, 4) is 11.8 Å². The fraction of sp³-hybridized carbons (Fsp3) is 0.333. The Morgan fingerprint density at radius 1 is 1.06 bits per heavy atom. The molecule has 0 radical (unpaired) electrons. The van der Waals surface area contributed by atoms with Crippen LogP contribution in [0.1, 0.15) is 54.6 Å². The van der Waals surface area contributed by atoms with Crippen molar-refractivity contribution in [2.24, 2.45) is 0 Å². The van der Waals surface area contributed by atoms with Crippen LogP contribution in [0, 0.1) is 25.2 Å². The summed E-state index contributed by atoms with van der Waals surface area (Å²) in [6.45, 7) is 3.85. The lowest BCUT2D eigenvalue weighted by atomic mass is 9.93.